The molecule has 112 valence electrons. The summed E-state index contributed by atoms with van der Waals surface area (Å²) in [5.41, 5.74) is 0.724. The number of rotatable bonds is 7. The molecule has 0 bridgehead atoms. The van der Waals surface area contributed by atoms with Crippen molar-refractivity contribution in [2.24, 2.45) is 0 Å². The minimum Gasteiger partial charge on any atom is -0.387 e. The van der Waals surface area contributed by atoms with E-state index in [2.05, 4.69) is 15.6 Å². The largest absolute Gasteiger partial charge is 0.387 e. The van der Waals surface area contributed by atoms with Crippen LogP contribution in [0.1, 0.15) is 24.5 Å². The molecule has 6 nitrogen and oxygen atoms in total. The van der Waals surface area contributed by atoms with E-state index in [1.807, 2.05) is 0 Å². The van der Waals surface area contributed by atoms with Crippen molar-refractivity contribution in [2.75, 3.05) is 6.54 Å². The van der Waals surface area contributed by atoms with E-state index in [1.54, 1.807) is 41.3 Å². The van der Waals surface area contributed by atoms with Gasteiger partial charge in [0.1, 0.15) is 0 Å². The van der Waals surface area contributed by atoms with E-state index < -0.39 is 6.10 Å². The summed E-state index contributed by atoms with van der Waals surface area (Å²) in [7, 11) is 0. The molecule has 0 saturated carbocycles. The maximum atomic E-state index is 11.7. The SMILES string of the molecule is O=C(CCCn1ccnn1)NCC(O)c1ccc(Cl)cc1. The van der Waals surface area contributed by atoms with E-state index in [0.717, 1.165) is 5.56 Å². The van der Waals surface area contributed by atoms with Gasteiger partial charge < -0.3 is 10.4 Å². The highest BCUT2D eigenvalue weighted by Crippen LogP contribution is 2.15. The Morgan fingerprint density at radius 3 is 2.81 bits per heavy atom. The monoisotopic (exact) mass is 308 g/mol. The molecule has 2 N–H and O–H groups in total. The number of carbonyl (C=O) groups is 1. The van der Waals surface area contributed by atoms with Gasteiger partial charge in [0, 0.05) is 30.7 Å². The number of aromatic nitrogens is 3. The number of hydrogen-bond donors (Lipinski definition) is 2. The summed E-state index contributed by atoms with van der Waals surface area (Å²) in [4.78, 5) is 11.7. The van der Waals surface area contributed by atoms with E-state index >= 15 is 0 Å². The van der Waals surface area contributed by atoms with Gasteiger partial charge in [0.15, 0.2) is 0 Å². The van der Waals surface area contributed by atoms with Crippen LogP contribution in [0.25, 0.3) is 0 Å². The van der Waals surface area contributed by atoms with Crippen molar-refractivity contribution in [3.8, 4) is 0 Å². The number of halogens is 1. The van der Waals surface area contributed by atoms with E-state index in [1.165, 1.54) is 0 Å². The van der Waals surface area contributed by atoms with Gasteiger partial charge in [-0.1, -0.05) is 28.9 Å². The summed E-state index contributed by atoms with van der Waals surface area (Å²) in [5, 5.41) is 20.8. The van der Waals surface area contributed by atoms with Gasteiger partial charge in [-0.3, -0.25) is 9.48 Å². The van der Waals surface area contributed by atoms with Crippen molar-refractivity contribution < 1.29 is 9.90 Å². The smallest absolute Gasteiger partial charge is 0.220 e. The zero-order chi connectivity index (χ0) is 15.1. The molecular formula is C14H17ClN4O2. The molecule has 1 aromatic heterocycles. The second-order valence-electron chi connectivity index (χ2n) is 4.64. The fraction of sp³-hybridized carbons (Fsp3) is 0.357. The number of aliphatic hydroxyl groups excluding tert-OH is 1. The summed E-state index contributed by atoms with van der Waals surface area (Å²) >= 11 is 5.78. The second kappa shape index (κ2) is 7.75. The summed E-state index contributed by atoms with van der Waals surface area (Å²) in [5.74, 6) is -0.0943. The fourth-order valence-electron chi connectivity index (χ4n) is 1.86. The van der Waals surface area contributed by atoms with Gasteiger partial charge >= 0.3 is 0 Å². The zero-order valence-corrected chi connectivity index (χ0v) is 12.2. The van der Waals surface area contributed by atoms with Gasteiger partial charge in [0.25, 0.3) is 0 Å². The Kier molecular flexibility index (Phi) is 5.71. The number of nitrogens with one attached hydrogen (secondary N) is 1. The third-order valence-electron chi connectivity index (χ3n) is 3.01. The zero-order valence-electron chi connectivity index (χ0n) is 11.4. The second-order valence-corrected chi connectivity index (χ2v) is 5.08. The van der Waals surface area contributed by atoms with E-state index in [0.29, 0.717) is 24.4 Å². The van der Waals surface area contributed by atoms with Crippen LogP contribution < -0.4 is 5.32 Å². The van der Waals surface area contributed by atoms with Crippen LogP contribution in [0.15, 0.2) is 36.7 Å². The molecule has 0 aliphatic heterocycles. The van der Waals surface area contributed by atoms with Crippen molar-refractivity contribution in [2.45, 2.75) is 25.5 Å². The van der Waals surface area contributed by atoms with Crippen LogP contribution in [-0.4, -0.2) is 32.6 Å². The minimum atomic E-state index is -0.735. The van der Waals surface area contributed by atoms with Gasteiger partial charge in [-0.2, -0.15) is 0 Å². The molecule has 0 saturated heterocycles. The highest BCUT2D eigenvalue weighted by atomic mass is 35.5. The Labute approximate surface area is 127 Å². The van der Waals surface area contributed by atoms with Crippen LogP contribution >= 0.6 is 11.6 Å². The van der Waals surface area contributed by atoms with Crippen LogP contribution in [0.3, 0.4) is 0 Å². The van der Waals surface area contributed by atoms with Crippen LogP contribution in [0.4, 0.5) is 0 Å². The fourth-order valence-corrected chi connectivity index (χ4v) is 1.98. The first kappa shape index (κ1) is 15.5. The van der Waals surface area contributed by atoms with E-state index in [-0.39, 0.29) is 12.5 Å². The molecule has 1 heterocycles. The summed E-state index contributed by atoms with van der Waals surface area (Å²) in [6, 6.07) is 6.90. The van der Waals surface area contributed by atoms with E-state index in [4.69, 9.17) is 11.6 Å². The lowest BCUT2D eigenvalue weighted by atomic mass is 10.1. The number of carbonyl (C=O) groups excluding carboxylic acids is 1. The van der Waals surface area contributed by atoms with Gasteiger partial charge in [0.05, 0.1) is 12.3 Å². The molecule has 0 aliphatic carbocycles. The third kappa shape index (κ3) is 5.17. The Balaban J connectivity index is 1.67. The average molecular weight is 309 g/mol. The lowest BCUT2D eigenvalue weighted by molar-refractivity contribution is -0.121. The Bertz CT molecular complexity index is 557. The Morgan fingerprint density at radius 1 is 1.38 bits per heavy atom. The predicted molar refractivity (Wildman–Crippen MR) is 78.7 cm³/mol. The number of aryl methyl sites for hydroxylation is 1. The Hall–Kier alpha value is -1.92. The minimum absolute atomic E-state index is 0.0943. The molecule has 1 unspecified atom stereocenters. The molecule has 0 spiro atoms. The van der Waals surface area contributed by atoms with Crippen molar-refractivity contribution >= 4 is 17.5 Å². The van der Waals surface area contributed by atoms with Crippen LogP contribution in [-0.2, 0) is 11.3 Å². The average Bonchev–Trinajstić information content (AvgIpc) is 2.99. The van der Waals surface area contributed by atoms with Crippen molar-refractivity contribution in [3.05, 3.63) is 47.2 Å². The summed E-state index contributed by atoms with van der Waals surface area (Å²) < 4.78 is 1.68. The third-order valence-corrected chi connectivity index (χ3v) is 3.26. The highest BCUT2D eigenvalue weighted by molar-refractivity contribution is 6.30. The number of amides is 1. The molecule has 2 aromatic rings. The standard InChI is InChI=1S/C14H17ClN4O2/c15-12-5-3-11(4-6-12)13(20)10-16-14(21)2-1-8-19-9-7-17-18-19/h3-7,9,13,20H,1-2,8,10H2,(H,16,21). The van der Waals surface area contributed by atoms with Gasteiger partial charge in [-0.05, 0) is 24.1 Å². The first-order valence-corrected chi connectivity index (χ1v) is 7.07. The molecule has 0 aliphatic rings. The highest BCUT2D eigenvalue weighted by Gasteiger charge is 2.09. The lowest BCUT2D eigenvalue weighted by Gasteiger charge is -2.12. The number of hydrogen-bond acceptors (Lipinski definition) is 4. The number of benzene rings is 1. The van der Waals surface area contributed by atoms with Crippen molar-refractivity contribution in [3.63, 3.8) is 0 Å². The molecule has 1 atom stereocenters. The first-order chi connectivity index (χ1) is 10.1. The summed E-state index contributed by atoms with van der Waals surface area (Å²) in [6.45, 7) is 0.830. The maximum Gasteiger partial charge on any atom is 0.220 e. The van der Waals surface area contributed by atoms with Gasteiger partial charge in [-0.25, -0.2) is 0 Å². The summed E-state index contributed by atoms with van der Waals surface area (Å²) in [6.07, 6.45) is 3.67. The first-order valence-electron chi connectivity index (χ1n) is 6.69. The molecule has 1 amide bonds. The normalized spacial score (nSPS) is 12.1. The number of nitrogens with zero attached hydrogens (tertiary/aromatic N) is 3. The number of aliphatic hydroxyl groups is 1. The molecule has 21 heavy (non-hydrogen) atoms. The van der Waals surface area contributed by atoms with Crippen LogP contribution in [0, 0.1) is 0 Å². The molecule has 0 radical (unpaired) electrons. The van der Waals surface area contributed by atoms with Crippen molar-refractivity contribution in [1.82, 2.24) is 20.3 Å². The van der Waals surface area contributed by atoms with Gasteiger partial charge in [-0.15, -0.1) is 5.10 Å². The van der Waals surface area contributed by atoms with Crippen molar-refractivity contribution in [1.29, 1.82) is 0 Å². The Morgan fingerprint density at radius 2 is 2.14 bits per heavy atom. The maximum absolute atomic E-state index is 11.7. The quantitative estimate of drug-likeness (QED) is 0.813. The van der Waals surface area contributed by atoms with Crippen LogP contribution in [0.5, 0.6) is 0 Å². The molecule has 0 fully saturated rings. The van der Waals surface area contributed by atoms with E-state index in [9.17, 15) is 9.90 Å². The molecular weight excluding hydrogens is 292 g/mol. The topological polar surface area (TPSA) is 80.0 Å². The molecule has 2 rings (SSSR count). The molecule has 1 aromatic carbocycles. The molecule has 7 heteroatoms. The lowest BCUT2D eigenvalue weighted by Crippen LogP contribution is -2.28. The van der Waals surface area contributed by atoms with Gasteiger partial charge in [0.2, 0.25) is 5.91 Å². The predicted octanol–water partition coefficient (Wildman–Crippen LogP) is 1.56. The van der Waals surface area contributed by atoms with Crippen LogP contribution in [0.2, 0.25) is 5.02 Å².